The van der Waals surface area contributed by atoms with Gasteiger partial charge in [0, 0.05) is 12.8 Å². The molecule has 0 saturated carbocycles. The lowest BCUT2D eigenvalue weighted by Gasteiger charge is -2.18. The molecule has 0 aliphatic rings. The first-order chi connectivity index (χ1) is 14.6. The highest BCUT2D eigenvalue weighted by Crippen LogP contribution is 2.13. The highest BCUT2D eigenvalue weighted by molar-refractivity contribution is 5.84. The Hall–Kier alpha value is -3.60. The number of ether oxygens (including phenoxy) is 1. The second-order valence-electron chi connectivity index (χ2n) is 7.07. The molecule has 0 aromatic heterocycles. The van der Waals surface area contributed by atoms with Crippen molar-refractivity contribution in [3.8, 4) is 5.75 Å². The van der Waals surface area contributed by atoms with Gasteiger partial charge in [0.15, 0.2) is 0 Å². The molecule has 0 spiro atoms. The number of phenolic OH excluding ortho intramolecular Hbond substituents is 1. The molecule has 1 amide bonds. The van der Waals surface area contributed by atoms with Gasteiger partial charge in [0.05, 0.1) is 0 Å². The fourth-order valence-corrected chi connectivity index (χ4v) is 3.06. The van der Waals surface area contributed by atoms with E-state index in [0.717, 1.165) is 16.7 Å². The topological polar surface area (TPSA) is 75.6 Å². The van der Waals surface area contributed by atoms with Gasteiger partial charge in [0.1, 0.15) is 18.4 Å². The first-order valence-corrected chi connectivity index (χ1v) is 9.92. The summed E-state index contributed by atoms with van der Waals surface area (Å²) in [5.74, 6) is -0.548. The predicted octanol–water partition coefficient (Wildman–Crippen LogP) is 3.80. The Morgan fingerprint density at radius 3 is 2.03 bits per heavy atom. The number of phenols is 1. The lowest BCUT2D eigenvalue weighted by Crippen LogP contribution is -2.43. The molecule has 0 bridgehead atoms. The summed E-state index contributed by atoms with van der Waals surface area (Å²) in [6.45, 7) is 0.144. The normalized spacial score (nSPS) is 11.5. The van der Waals surface area contributed by atoms with Gasteiger partial charge in [-0.25, -0.2) is 4.79 Å². The molecule has 1 unspecified atom stereocenters. The van der Waals surface area contributed by atoms with Gasteiger partial charge in [-0.15, -0.1) is 0 Å². The minimum atomic E-state index is -0.804. The summed E-state index contributed by atoms with van der Waals surface area (Å²) in [5.41, 5.74) is 2.76. The molecule has 0 radical (unpaired) electrons. The van der Waals surface area contributed by atoms with Crippen LogP contribution in [0.4, 0.5) is 0 Å². The molecule has 5 heteroatoms. The number of aromatic hydroxyl groups is 1. The van der Waals surface area contributed by atoms with Gasteiger partial charge >= 0.3 is 5.97 Å². The predicted molar refractivity (Wildman–Crippen MR) is 115 cm³/mol. The van der Waals surface area contributed by atoms with Crippen LogP contribution in [0.5, 0.6) is 5.75 Å². The monoisotopic (exact) mass is 403 g/mol. The minimum absolute atomic E-state index is 0.144. The zero-order chi connectivity index (χ0) is 21.2. The van der Waals surface area contributed by atoms with Crippen LogP contribution in [-0.4, -0.2) is 23.0 Å². The maximum absolute atomic E-state index is 12.7. The fourth-order valence-electron chi connectivity index (χ4n) is 3.06. The number of aryl methyl sites for hydroxylation is 1. The zero-order valence-corrected chi connectivity index (χ0v) is 16.7. The summed E-state index contributed by atoms with van der Waals surface area (Å²) in [7, 11) is 0. The maximum Gasteiger partial charge on any atom is 0.329 e. The molecular weight excluding hydrogens is 378 g/mol. The van der Waals surface area contributed by atoms with Crippen LogP contribution in [0.25, 0.3) is 0 Å². The molecular formula is C25H25NO4. The second-order valence-corrected chi connectivity index (χ2v) is 7.07. The van der Waals surface area contributed by atoms with Crippen molar-refractivity contribution in [2.75, 3.05) is 0 Å². The van der Waals surface area contributed by atoms with E-state index in [1.54, 1.807) is 24.3 Å². The lowest BCUT2D eigenvalue weighted by atomic mass is 10.0. The zero-order valence-electron chi connectivity index (χ0n) is 16.7. The van der Waals surface area contributed by atoms with Crippen LogP contribution in [0.1, 0.15) is 23.1 Å². The summed E-state index contributed by atoms with van der Waals surface area (Å²) in [4.78, 5) is 25.2. The summed E-state index contributed by atoms with van der Waals surface area (Å²) in [6.07, 6.45) is 1.16. The average molecular weight is 403 g/mol. The molecule has 0 aliphatic heterocycles. The van der Waals surface area contributed by atoms with E-state index in [1.165, 1.54) is 0 Å². The Balaban J connectivity index is 1.62. The van der Waals surface area contributed by atoms with Crippen LogP contribution in [-0.2, 0) is 33.8 Å². The van der Waals surface area contributed by atoms with Gasteiger partial charge in [-0.1, -0.05) is 72.8 Å². The number of amides is 1. The number of carbonyl (C=O) groups is 2. The van der Waals surface area contributed by atoms with E-state index >= 15 is 0 Å². The van der Waals surface area contributed by atoms with Crippen LogP contribution in [0.3, 0.4) is 0 Å². The van der Waals surface area contributed by atoms with Crippen molar-refractivity contribution in [3.05, 3.63) is 102 Å². The number of hydrogen-bond donors (Lipinski definition) is 2. The average Bonchev–Trinajstić information content (AvgIpc) is 2.78. The molecule has 0 heterocycles. The van der Waals surface area contributed by atoms with Gasteiger partial charge in [-0.2, -0.15) is 0 Å². The van der Waals surface area contributed by atoms with E-state index in [4.69, 9.17) is 4.74 Å². The van der Waals surface area contributed by atoms with Crippen LogP contribution in [0.15, 0.2) is 84.9 Å². The van der Waals surface area contributed by atoms with Crippen molar-refractivity contribution in [1.29, 1.82) is 0 Å². The molecule has 0 aliphatic carbocycles. The van der Waals surface area contributed by atoms with E-state index in [1.807, 2.05) is 60.7 Å². The number of benzene rings is 3. The highest BCUT2D eigenvalue weighted by Gasteiger charge is 2.23. The van der Waals surface area contributed by atoms with Crippen molar-refractivity contribution in [3.63, 3.8) is 0 Å². The molecule has 2 N–H and O–H groups in total. The quantitative estimate of drug-likeness (QED) is 0.533. The van der Waals surface area contributed by atoms with Crippen LogP contribution < -0.4 is 5.32 Å². The van der Waals surface area contributed by atoms with Gasteiger partial charge in [0.2, 0.25) is 5.91 Å². The third kappa shape index (κ3) is 6.78. The van der Waals surface area contributed by atoms with Gasteiger partial charge < -0.3 is 15.2 Å². The summed E-state index contributed by atoms with van der Waals surface area (Å²) in [5, 5.41) is 12.3. The number of carbonyl (C=O) groups excluding carboxylic acids is 2. The third-order valence-corrected chi connectivity index (χ3v) is 4.70. The summed E-state index contributed by atoms with van der Waals surface area (Å²) < 4.78 is 5.45. The van der Waals surface area contributed by atoms with Gasteiger partial charge in [-0.05, 0) is 35.2 Å². The van der Waals surface area contributed by atoms with Crippen molar-refractivity contribution >= 4 is 11.9 Å². The van der Waals surface area contributed by atoms with Crippen LogP contribution >= 0.6 is 0 Å². The molecule has 30 heavy (non-hydrogen) atoms. The molecule has 0 saturated heterocycles. The van der Waals surface area contributed by atoms with Crippen molar-refractivity contribution < 1.29 is 19.4 Å². The van der Waals surface area contributed by atoms with Crippen LogP contribution in [0.2, 0.25) is 0 Å². The van der Waals surface area contributed by atoms with Gasteiger partial charge in [0.25, 0.3) is 0 Å². The lowest BCUT2D eigenvalue weighted by molar-refractivity contribution is -0.149. The summed E-state index contributed by atoms with van der Waals surface area (Å²) in [6, 6.07) is 24.9. The largest absolute Gasteiger partial charge is 0.508 e. The number of esters is 1. The number of nitrogens with one attached hydrogen (secondary N) is 1. The van der Waals surface area contributed by atoms with Crippen molar-refractivity contribution in [2.24, 2.45) is 0 Å². The molecule has 1 atom stereocenters. The molecule has 0 fully saturated rings. The first kappa shape index (κ1) is 21.1. The Morgan fingerprint density at radius 1 is 0.800 bits per heavy atom. The number of rotatable bonds is 9. The molecule has 3 aromatic rings. The third-order valence-electron chi connectivity index (χ3n) is 4.70. The smallest absolute Gasteiger partial charge is 0.329 e. The Kier molecular flexibility index (Phi) is 7.61. The van der Waals surface area contributed by atoms with Crippen molar-refractivity contribution in [2.45, 2.75) is 31.9 Å². The minimum Gasteiger partial charge on any atom is -0.508 e. The fraction of sp³-hybridized carbons (Fsp3) is 0.200. The SMILES string of the molecule is O=C(CCc1ccccc1)NC(Cc1ccc(O)cc1)C(=O)OCc1ccccc1. The Bertz CT molecular complexity index is 940. The van der Waals surface area contributed by atoms with E-state index in [-0.39, 0.29) is 31.1 Å². The van der Waals surface area contributed by atoms with E-state index in [2.05, 4.69) is 5.32 Å². The highest BCUT2D eigenvalue weighted by atomic mass is 16.5. The van der Waals surface area contributed by atoms with E-state index < -0.39 is 12.0 Å². The standard InChI is InChI=1S/C25H25NO4/c27-22-14-11-20(12-15-22)17-23(25(29)30-18-21-9-5-2-6-10-21)26-24(28)16-13-19-7-3-1-4-8-19/h1-12,14-15,23,27H,13,16-18H2,(H,26,28). The van der Waals surface area contributed by atoms with E-state index in [9.17, 15) is 14.7 Å². The molecule has 3 aromatic carbocycles. The molecule has 154 valence electrons. The Labute approximate surface area is 176 Å². The maximum atomic E-state index is 12.7. The summed E-state index contributed by atoms with van der Waals surface area (Å²) >= 11 is 0. The van der Waals surface area contributed by atoms with Crippen molar-refractivity contribution in [1.82, 2.24) is 5.32 Å². The number of hydrogen-bond acceptors (Lipinski definition) is 4. The van der Waals surface area contributed by atoms with Gasteiger partial charge in [-0.3, -0.25) is 4.79 Å². The second kappa shape index (κ2) is 10.8. The Morgan fingerprint density at radius 2 is 1.40 bits per heavy atom. The molecule has 5 nitrogen and oxygen atoms in total. The molecule has 3 rings (SSSR count). The first-order valence-electron chi connectivity index (χ1n) is 9.92. The van der Waals surface area contributed by atoms with Crippen LogP contribution in [0, 0.1) is 0 Å². The van der Waals surface area contributed by atoms with E-state index in [0.29, 0.717) is 6.42 Å².